The minimum absolute atomic E-state index is 0.128. The molecule has 0 fully saturated rings. The molecule has 0 spiro atoms. The lowest BCUT2D eigenvalue weighted by Gasteiger charge is -2.33. The fourth-order valence-corrected chi connectivity index (χ4v) is 3.45. The summed E-state index contributed by atoms with van der Waals surface area (Å²) in [5.74, 6) is 4.98. The number of rotatable bonds is 4. The Morgan fingerprint density at radius 3 is 0.889 bits per heavy atom. The minimum atomic E-state index is -0.128. The van der Waals surface area contributed by atoms with E-state index in [1.165, 1.54) is 0 Å². The molecule has 0 aromatic carbocycles. The van der Waals surface area contributed by atoms with Crippen LogP contribution in [0.15, 0.2) is 82.2 Å². The Kier molecular flexibility index (Phi) is 8.55. The van der Waals surface area contributed by atoms with Gasteiger partial charge in [0.15, 0.2) is 11.5 Å². The first-order valence-electron chi connectivity index (χ1n) is 12.8. The summed E-state index contributed by atoms with van der Waals surface area (Å²) in [5, 5.41) is 0. The van der Waals surface area contributed by atoms with Gasteiger partial charge in [-0.25, -0.2) is 0 Å². The first kappa shape index (κ1) is 29.6. The Morgan fingerprint density at radius 2 is 0.722 bits per heavy atom. The zero-order valence-corrected chi connectivity index (χ0v) is 25.1. The number of hydrogen-bond donors (Lipinski definition) is 0. The monoisotopic (exact) mass is 496 g/mol. The third kappa shape index (κ3) is 7.69. The predicted octanol–water partition coefficient (Wildman–Crippen LogP) is 9.12. The molecule has 200 valence electrons. The van der Waals surface area contributed by atoms with Gasteiger partial charge in [0.05, 0.1) is 14.2 Å². The highest BCUT2D eigenvalue weighted by Crippen LogP contribution is 2.41. The third-order valence-electron chi connectivity index (χ3n) is 5.87. The summed E-state index contributed by atoms with van der Waals surface area (Å²) in [6, 6.07) is 0. The molecule has 0 aliphatic carbocycles. The van der Waals surface area contributed by atoms with E-state index in [1.807, 2.05) is 12.2 Å². The Hall–Kier alpha value is -2.62. The summed E-state index contributed by atoms with van der Waals surface area (Å²) in [4.78, 5) is 0. The lowest BCUT2D eigenvalue weighted by atomic mass is 9.86. The van der Waals surface area contributed by atoms with Crippen molar-refractivity contribution in [3.63, 3.8) is 0 Å². The fourth-order valence-electron chi connectivity index (χ4n) is 3.45. The van der Waals surface area contributed by atoms with Gasteiger partial charge in [-0.05, 0) is 47.6 Å². The van der Waals surface area contributed by atoms with E-state index in [4.69, 9.17) is 18.9 Å². The molecule has 0 aromatic heterocycles. The second-order valence-corrected chi connectivity index (χ2v) is 13.7. The molecule has 2 rings (SSSR count). The van der Waals surface area contributed by atoms with Gasteiger partial charge in [0.2, 0.25) is 0 Å². The Bertz CT molecular complexity index is 907. The first-order valence-corrected chi connectivity index (χ1v) is 12.8. The quantitative estimate of drug-likeness (QED) is 0.364. The standard InChI is InChI=1S/C32H48O4/c1-29(2,3)25-17-21(18-26(35-25)30(4,5)6)15-23(33-13)24(34-14)16-22-19-27(31(7,8)9)36-28(20-22)32(10,11)12/h15-20H,1-14H3/b24-23+. The molecule has 0 aromatic rings. The molecular formula is C32H48O4. The van der Waals surface area contributed by atoms with Crippen LogP contribution < -0.4 is 0 Å². The first-order chi connectivity index (χ1) is 16.3. The van der Waals surface area contributed by atoms with Gasteiger partial charge in [0.25, 0.3) is 0 Å². The summed E-state index contributed by atoms with van der Waals surface area (Å²) in [6.07, 6.45) is 12.4. The average molecular weight is 497 g/mol. The minimum Gasteiger partial charge on any atom is -0.493 e. The van der Waals surface area contributed by atoms with Crippen molar-refractivity contribution >= 4 is 0 Å². The highest BCUT2D eigenvalue weighted by Gasteiger charge is 2.30. The Morgan fingerprint density at radius 1 is 0.500 bits per heavy atom. The maximum Gasteiger partial charge on any atom is 0.161 e. The predicted molar refractivity (Wildman–Crippen MR) is 150 cm³/mol. The maximum absolute atomic E-state index is 6.31. The Labute approximate surface area is 220 Å². The Balaban J connectivity index is 2.70. The van der Waals surface area contributed by atoms with Crippen LogP contribution in [0.4, 0.5) is 0 Å². The van der Waals surface area contributed by atoms with Gasteiger partial charge in [0, 0.05) is 21.7 Å². The van der Waals surface area contributed by atoms with E-state index in [0.717, 1.165) is 34.2 Å². The van der Waals surface area contributed by atoms with Gasteiger partial charge in [-0.2, -0.15) is 0 Å². The molecule has 36 heavy (non-hydrogen) atoms. The summed E-state index contributed by atoms with van der Waals surface area (Å²) in [5.41, 5.74) is 1.50. The van der Waals surface area contributed by atoms with E-state index in [0.29, 0.717) is 11.5 Å². The van der Waals surface area contributed by atoms with Crippen molar-refractivity contribution in [2.24, 2.45) is 21.7 Å². The maximum atomic E-state index is 6.31. The molecule has 2 aliphatic heterocycles. The average Bonchev–Trinajstić information content (AvgIpc) is 2.73. The van der Waals surface area contributed by atoms with E-state index < -0.39 is 0 Å². The number of hydrogen-bond acceptors (Lipinski definition) is 4. The van der Waals surface area contributed by atoms with Crippen LogP contribution in [0.2, 0.25) is 0 Å². The van der Waals surface area contributed by atoms with Crippen LogP contribution in [0, 0.1) is 21.7 Å². The molecule has 0 saturated heterocycles. The van der Waals surface area contributed by atoms with Crippen LogP contribution in [-0.4, -0.2) is 14.2 Å². The van der Waals surface area contributed by atoms with Crippen molar-refractivity contribution in [3.8, 4) is 0 Å². The van der Waals surface area contributed by atoms with Crippen LogP contribution in [0.1, 0.15) is 83.1 Å². The molecule has 4 heteroatoms. The summed E-state index contributed by atoms with van der Waals surface area (Å²) in [7, 11) is 3.34. The number of ether oxygens (including phenoxy) is 4. The lowest BCUT2D eigenvalue weighted by Crippen LogP contribution is -2.21. The van der Waals surface area contributed by atoms with Crippen molar-refractivity contribution in [1.29, 1.82) is 0 Å². The largest absolute Gasteiger partial charge is 0.493 e. The molecule has 0 unspecified atom stereocenters. The number of allylic oxidation sites excluding steroid dienone is 12. The highest BCUT2D eigenvalue weighted by molar-refractivity contribution is 5.47. The van der Waals surface area contributed by atoms with Crippen molar-refractivity contribution in [3.05, 3.63) is 82.2 Å². The molecule has 0 saturated carbocycles. The fraction of sp³-hybridized carbons (Fsp3) is 0.562. The van der Waals surface area contributed by atoms with Gasteiger partial charge < -0.3 is 18.9 Å². The van der Waals surface area contributed by atoms with Crippen molar-refractivity contribution in [1.82, 2.24) is 0 Å². The van der Waals surface area contributed by atoms with Crippen LogP contribution in [-0.2, 0) is 18.9 Å². The molecule has 2 heterocycles. The van der Waals surface area contributed by atoms with Crippen LogP contribution in [0.5, 0.6) is 0 Å². The van der Waals surface area contributed by atoms with E-state index in [-0.39, 0.29) is 21.7 Å². The van der Waals surface area contributed by atoms with E-state index in [1.54, 1.807) is 14.2 Å². The summed E-state index contributed by atoms with van der Waals surface area (Å²) >= 11 is 0. The summed E-state index contributed by atoms with van der Waals surface area (Å²) in [6.45, 7) is 25.9. The molecule has 0 amide bonds. The van der Waals surface area contributed by atoms with Crippen LogP contribution in [0.25, 0.3) is 0 Å². The normalized spacial score (nSPS) is 18.1. The van der Waals surface area contributed by atoms with Gasteiger partial charge in [-0.1, -0.05) is 83.1 Å². The molecule has 0 bridgehead atoms. The van der Waals surface area contributed by atoms with Crippen LogP contribution in [0.3, 0.4) is 0 Å². The van der Waals surface area contributed by atoms with Gasteiger partial charge in [-0.3, -0.25) is 0 Å². The van der Waals surface area contributed by atoms with Crippen LogP contribution >= 0.6 is 0 Å². The van der Waals surface area contributed by atoms with Gasteiger partial charge in [-0.15, -0.1) is 0 Å². The lowest BCUT2D eigenvalue weighted by molar-refractivity contribution is 0.161. The zero-order chi connectivity index (χ0) is 27.7. The second-order valence-electron chi connectivity index (χ2n) is 13.7. The van der Waals surface area contributed by atoms with Gasteiger partial charge in [0.1, 0.15) is 23.0 Å². The van der Waals surface area contributed by atoms with E-state index in [9.17, 15) is 0 Å². The summed E-state index contributed by atoms with van der Waals surface area (Å²) < 4.78 is 24.3. The van der Waals surface area contributed by atoms with Gasteiger partial charge >= 0.3 is 0 Å². The van der Waals surface area contributed by atoms with Crippen molar-refractivity contribution in [2.75, 3.05) is 14.2 Å². The van der Waals surface area contributed by atoms with Crippen molar-refractivity contribution < 1.29 is 18.9 Å². The molecule has 0 radical (unpaired) electrons. The molecule has 4 nitrogen and oxygen atoms in total. The van der Waals surface area contributed by atoms with E-state index >= 15 is 0 Å². The second kappa shape index (κ2) is 10.4. The highest BCUT2D eigenvalue weighted by atomic mass is 16.5. The topological polar surface area (TPSA) is 36.9 Å². The molecule has 2 aliphatic rings. The van der Waals surface area contributed by atoms with E-state index in [2.05, 4.69) is 107 Å². The zero-order valence-electron chi connectivity index (χ0n) is 25.1. The molecular weight excluding hydrogens is 448 g/mol. The molecule has 0 N–H and O–H groups in total. The SMILES string of the molecule is CO/C(C=C1C=C(C(C)(C)C)OC(C(C)(C)C)=C1)=C(\C=C1C=C(C(C)(C)C)OC(C(C)(C)C)=C1)OC. The smallest absolute Gasteiger partial charge is 0.161 e. The molecule has 0 atom stereocenters. The number of methoxy groups -OCH3 is 2. The van der Waals surface area contributed by atoms with Crippen molar-refractivity contribution in [2.45, 2.75) is 83.1 Å². The third-order valence-corrected chi connectivity index (χ3v) is 5.87.